The van der Waals surface area contributed by atoms with Gasteiger partial charge >= 0.3 is 5.97 Å². The van der Waals surface area contributed by atoms with E-state index in [2.05, 4.69) is 5.32 Å². The van der Waals surface area contributed by atoms with Gasteiger partial charge in [0.25, 0.3) is 5.91 Å². The second-order valence-electron chi connectivity index (χ2n) is 6.85. The molecule has 1 N–H and O–H groups in total. The summed E-state index contributed by atoms with van der Waals surface area (Å²) in [5.41, 5.74) is 3.43. The molecule has 1 amide bonds. The van der Waals surface area contributed by atoms with Gasteiger partial charge in [0.2, 0.25) is 6.10 Å². The topological polar surface area (TPSA) is 55.4 Å². The Labute approximate surface area is 148 Å². The third kappa shape index (κ3) is 4.08. The van der Waals surface area contributed by atoms with E-state index in [0.29, 0.717) is 11.5 Å². The Kier molecular flexibility index (Phi) is 4.88. The van der Waals surface area contributed by atoms with E-state index in [0.717, 1.165) is 23.2 Å². The highest BCUT2D eigenvalue weighted by Crippen LogP contribution is 2.40. The van der Waals surface area contributed by atoms with Gasteiger partial charge in [-0.25, -0.2) is 0 Å². The standard InChI is InChI=1S/C21H23NO3/c1-13-9-10-14(2)18(11-13)22-20(23)19(16-7-5-4-6-8-16)25-21(24)17-12-15(17)3/h4-11,15,17,19H,12H2,1-3H3,(H,22,23)/t15-,17-,19-/m1/s1. The van der Waals surface area contributed by atoms with Crippen molar-refractivity contribution in [2.75, 3.05) is 5.32 Å². The fourth-order valence-corrected chi connectivity index (χ4v) is 2.82. The molecule has 0 radical (unpaired) electrons. The van der Waals surface area contributed by atoms with Crippen LogP contribution >= 0.6 is 0 Å². The number of carbonyl (C=O) groups is 2. The molecule has 0 unspecified atom stereocenters. The van der Waals surface area contributed by atoms with Crippen molar-refractivity contribution < 1.29 is 14.3 Å². The van der Waals surface area contributed by atoms with Gasteiger partial charge < -0.3 is 10.1 Å². The minimum absolute atomic E-state index is 0.0836. The fourth-order valence-electron chi connectivity index (χ4n) is 2.82. The summed E-state index contributed by atoms with van der Waals surface area (Å²) in [4.78, 5) is 25.1. The first-order valence-electron chi connectivity index (χ1n) is 8.59. The van der Waals surface area contributed by atoms with E-state index in [-0.39, 0.29) is 17.8 Å². The first-order valence-corrected chi connectivity index (χ1v) is 8.59. The van der Waals surface area contributed by atoms with E-state index in [1.54, 1.807) is 12.1 Å². The predicted molar refractivity (Wildman–Crippen MR) is 97.1 cm³/mol. The molecule has 4 nitrogen and oxygen atoms in total. The zero-order valence-corrected chi connectivity index (χ0v) is 14.8. The molecule has 0 bridgehead atoms. The zero-order valence-electron chi connectivity index (χ0n) is 14.8. The molecule has 1 aliphatic carbocycles. The maximum atomic E-state index is 12.8. The smallest absolute Gasteiger partial charge is 0.310 e. The second kappa shape index (κ2) is 7.09. The van der Waals surface area contributed by atoms with Crippen LogP contribution in [0.3, 0.4) is 0 Å². The van der Waals surface area contributed by atoms with Crippen LogP contribution in [0.15, 0.2) is 48.5 Å². The molecule has 3 atom stereocenters. The molecule has 0 aromatic heterocycles. The number of anilines is 1. The van der Waals surface area contributed by atoms with Crippen molar-refractivity contribution in [2.24, 2.45) is 11.8 Å². The van der Waals surface area contributed by atoms with Crippen LogP contribution in [0.2, 0.25) is 0 Å². The molecule has 130 valence electrons. The number of benzene rings is 2. The lowest BCUT2D eigenvalue weighted by molar-refractivity contribution is -0.156. The van der Waals surface area contributed by atoms with Crippen molar-refractivity contribution in [3.8, 4) is 0 Å². The summed E-state index contributed by atoms with van der Waals surface area (Å²) in [7, 11) is 0. The van der Waals surface area contributed by atoms with Gasteiger partial charge in [0.1, 0.15) is 0 Å². The highest BCUT2D eigenvalue weighted by molar-refractivity contribution is 5.97. The first kappa shape index (κ1) is 17.2. The van der Waals surface area contributed by atoms with Crippen LogP contribution in [0, 0.1) is 25.7 Å². The van der Waals surface area contributed by atoms with Crippen LogP contribution in [-0.4, -0.2) is 11.9 Å². The van der Waals surface area contributed by atoms with Crippen molar-refractivity contribution in [1.29, 1.82) is 0 Å². The van der Waals surface area contributed by atoms with Crippen LogP contribution in [-0.2, 0) is 14.3 Å². The summed E-state index contributed by atoms with van der Waals surface area (Å²) in [5, 5.41) is 2.91. The number of amides is 1. The fraction of sp³-hybridized carbons (Fsp3) is 0.333. The third-order valence-corrected chi connectivity index (χ3v) is 4.64. The highest BCUT2D eigenvalue weighted by atomic mass is 16.5. The minimum atomic E-state index is -0.943. The number of hydrogen-bond acceptors (Lipinski definition) is 3. The lowest BCUT2D eigenvalue weighted by Gasteiger charge is -2.19. The summed E-state index contributed by atoms with van der Waals surface area (Å²) in [6.45, 7) is 5.92. The monoisotopic (exact) mass is 337 g/mol. The van der Waals surface area contributed by atoms with Gasteiger partial charge in [-0.2, -0.15) is 0 Å². The molecule has 1 aliphatic rings. The van der Waals surface area contributed by atoms with Gasteiger partial charge in [0, 0.05) is 11.3 Å². The largest absolute Gasteiger partial charge is 0.447 e. The predicted octanol–water partition coefficient (Wildman–Crippen LogP) is 4.18. The number of ether oxygens (including phenoxy) is 1. The van der Waals surface area contributed by atoms with Gasteiger partial charge in [-0.05, 0) is 43.4 Å². The SMILES string of the molecule is Cc1ccc(C)c(NC(=O)[C@H](OC(=O)[C@@H]2C[C@H]2C)c2ccccc2)c1. The molecule has 25 heavy (non-hydrogen) atoms. The van der Waals surface area contributed by atoms with Crippen molar-refractivity contribution in [3.63, 3.8) is 0 Å². The van der Waals surface area contributed by atoms with E-state index in [1.807, 2.05) is 57.2 Å². The molecule has 3 rings (SSSR count). The highest BCUT2D eigenvalue weighted by Gasteiger charge is 2.42. The normalized spacial score (nSPS) is 19.8. The average molecular weight is 337 g/mol. The number of nitrogens with one attached hydrogen (secondary N) is 1. The van der Waals surface area contributed by atoms with E-state index < -0.39 is 6.10 Å². The van der Waals surface area contributed by atoms with Crippen molar-refractivity contribution in [3.05, 3.63) is 65.2 Å². The Balaban J connectivity index is 1.81. The summed E-state index contributed by atoms with van der Waals surface area (Å²) in [6, 6.07) is 15.0. The molecule has 0 heterocycles. The molecule has 4 heteroatoms. The molecule has 2 aromatic rings. The second-order valence-corrected chi connectivity index (χ2v) is 6.85. The molecule has 1 saturated carbocycles. The number of carbonyl (C=O) groups excluding carboxylic acids is 2. The Bertz CT molecular complexity index is 785. The van der Waals surface area contributed by atoms with Gasteiger partial charge in [-0.1, -0.05) is 49.4 Å². The molecular weight excluding hydrogens is 314 g/mol. The Hall–Kier alpha value is -2.62. The van der Waals surface area contributed by atoms with E-state index in [1.165, 1.54) is 0 Å². The van der Waals surface area contributed by atoms with Gasteiger partial charge in [-0.15, -0.1) is 0 Å². The van der Waals surface area contributed by atoms with Gasteiger partial charge in [0.15, 0.2) is 0 Å². The summed E-state index contributed by atoms with van der Waals surface area (Å²) >= 11 is 0. The summed E-state index contributed by atoms with van der Waals surface area (Å²) in [5.74, 6) is -0.371. The third-order valence-electron chi connectivity index (χ3n) is 4.64. The Morgan fingerprint density at radius 1 is 1.12 bits per heavy atom. The number of hydrogen-bond donors (Lipinski definition) is 1. The minimum Gasteiger partial charge on any atom is -0.447 e. The lowest BCUT2D eigenvalue weighted by Crippen LogP contribution is -2.27. The van der Waals surface area contributed by atoms with E-state index in [4.69, 9.17) is 4.74 Å². The van der Waals surface area contributed by atoms with Gasteiger partial charge in [-0.3, -0.25) is 9.59 Å². The number of aryl methyl sites for hydroxylation is 2. The van der Waals surface area contributed by atoms with Crippen LogP contribution in [0.4, 0.5) is 5.69 Å². The van der Waals surface area contributed by atoms with E-state index in [9.17, 15) is 9.59 Å². The van der Waals surface area contributed by atoms with Crippen molar-refractivity contribution >= 4 is 17.6 Å². The van der Waals surface area contributed by atoms with Crippen LogP contribution in [0.25, 0.3) is 0 Å². The summed E-state index contributed by atoms with van der Waals surface area (Å²) < 4.78 is 5.58. The number of esters is 1. The van der Waals surface area contributed by atoms with Crippen LogP contribution in [0.5, 0.6) is 0 Å². The number of rotatable bonds is 5. The van der Waals surface area contributed by atoms with Crippen LogP contribution < -0.4 is 5.32 Å². The lowest BCUT2D eigenvalue weighted by atomic mass is 10.1. The van der Waals surface area contributed by atoms with Gasteiger partial charge in [0.05, 0.1) is 5.92 Å². The molecule has 2 aromatic carbocycles. The quantitative estimate of drug-likeness (QED) is 0.833. The zero-order chi connectivity index (χ0) is 18.0. The van der Waals surface area contributed by atoms with E-state index >= 15 is 0 Å². The Morgan fingerprint density at radius 2 is 1.80 bits per heavy atom. The summed E-state index contributed by atoms with van der Waals surface area (Å²) in [6.07, 6.45) is -0.111. The average Bonchev–Trinajstić information content (AvgIpc) is 3.33. The molecule has 0 aliphatic heterocycles. The first-order chi connectivity index (χ1) is 12.0. The van der Waals surface area contributed by atoms with Crippen molar-refractivity contribution in [1.82, 2.24) is 0 Å². The molecule has 1 fully saturated rings. The van der Waals surface area contributed by atoms with Crippen LogP contribution in [0.1, 0.15) is 36.1 Å². The maximum absolute atomic E-state index is 12.8. The molecule has 0 spiro atoms. The van der Waals surface area contributed by atoms with Crippen molar-refractivity contribution in [2.45, 2.75) is 33.3 Å². The Morgan fingerprint density at radius 3 is 2.44 bits per heavy atom. The molecule has 0 saturated heterocycles. The maximum Gasteiger partial charge on any atom is 0.310 e. The molecular formula is C21H23NO3.